The van der Waals surface area contributed by atoms with Gasteiger partial charge in [0.2, 0.25) is 11.8 Å². The molecular weight excluding hydrogens is 378 g/mol. The van der Waals surface area contributed by atoms with E-state index < -0.39 is 0 Å². The molecule has 2 aliphatic heterocycles. The third-order valence-corrected chi connectivity index (χ3v) is 5.92. The monoisotopic (exact) mass is 407 g/mol. The maximum atomic E-state index is 13.1. The van der Waals surface area contributed by atoms with E-state index in [0.717, 1.165) is 35.8 Å². The topological polar surface area (TPSA) is 53.1 Å². The molecule has 2 fully saturated rings. The first kappa shape index (κ1) is 20.3. The zero-order valence-electron chi connectivity index (χ0n) is 17.7. The van der Waals surface area contributed by atoms with Crippen molar-refractivity contribution in [3.63, 3.8) is 0 Å². The summed E-state index contributed by atoms with van der Waals surface area (Å²) in [7, 11) is 0. The molecule has 2 amide bonds. The lowest BCUT2D eigenvalue weighted by Crippen LogP contribution is -2.50. The Morgan fingerprint density at radius 2 is 1.73 bits per heavy atom. The predicted octanol–water partition coefficient (Wildman–Crippen LogP) is 3.10. The van der Waals surface area contributed by atoms with Gasteiger partial charge in [0.15, 0.2) is 0 Å². The molecule has 0 bridgehead atoms. The molecule has 0 N–H and O–H groups in total. The fraction of sp³-hybridized carbons (Fsp3) is 0.417. The van der Waals surface area contributed by atoms with Crippen molar-refractivity contribution in [3.8, 4) is 5.75 Å². The summed E-state index contributed by atoms with van der Waals surface area (Å²) < 4.78 is 5.75. The summed E-state index contributed by atoms with van der Waals surface area (Å²) in [5.41, 5.74) is 3.10. The second-order valence-corrected chi connectivity index (χ2v) is 7.95. The number of hydrogen-bond acceptors (Lipinski definition) is 4. The van der Waals surface area contributed by atoms with Crippen LogP contribution in [0.15, 0.2) is 48.5 Å². The lowest BCUT2D eigenvalue weighted by atomic mass is 10.1. The summed E-state index contributed by atoms with van der Waals surface area (Å²) in [5, 5.41) is 0. The summed E-state index contributed by atoms with van der Waals surface area (Å²) in [6, 6.07) is 15.9. The minimum atomic E-state index is -0.263. The molecule has 2 aliphatic rings. The Morgan fingerprint density at radius 3 is 2.43 bits per heavy atom. The quantitative estimate of drug-likeness (QED) is 0.764. The Hall–Kier alpha value is -3.02. The number of rotatable bonds is 5. The second kappa shape index (κ2) is 8.78. The number of piperazine rings is 1. The Kier molecular flexibility index (Phi) is 5.93. The molecule has 0 radical (unpaired) electrons. The van der Waals surface area contributed by atoms with Crippen molar-refractivity contribution in [2.45, 2.75) is 20.3 Å². The van der Waals surface area contributed by atoms with E-state index in [1.54, 1.807) is 4.90 Å². The summed E-state index contributed by atoms with van der Waals surface area (Å²) in [5.74, 6) is 0.744. The zero-order valence-corrected chi connectivity index (χ0v) is 17.7. The molecule has 2 aromatic rings. The van der Waals surface area contributed by atoms with Crippen LogP contribution in [0.1, 0.15) is 18.9 Å². The molecule has 0 aliphatic carbocycles. The van der Waals surface area contributed by atoms with Crippen molar-refractivity contribution < 1.29 is 14.3 Å². The standard InChI is InChI=1S/C24H29N3O3/c1-3-30-22-7-5-4-6-21(22)25-12-14-26(15-13-25)24(29)19-16-23(28)27(17-19)20-10-8-18(2)9-11-20/h4-11,19H,3,12-17H2,1-2H3/t19-/m0/s1. The van der Waals surface area contributed by atoms with E-state index in [0.29, 0.717) is 32.7 Å². The van der Waals surface area contributed by atoms with Gasteiger partial charge in [-0.05, 0) is 38.1 Å². The lowest BCUT2D eigenvalue weighted by molar-refractivity contribution is -0.136. The maximum Gasteiger partial charge on any atom is 0.228 e. The highest BCUT2D eigenvalue weighted by atomic mass is 16.5. The number of aryl methyl sites for hydroxylation is 1. The van der Waals surface area contributed by atoms with Crippen LogP contribution in [0.5, 0.6) is 5.75 Å². The highest BCUT2D eigenvalue weighted by Crippen LogP contribution is 2.30. The van der Waals surface area contributed by atoms with E-state index in [1.165, 1.54) is 0 Å². The molecule has 30 heavy (non-hydrogen) atoms. The van der Waals surface area contributed by atoms with Crippen LogP contribution in [0, 0.1) is 12.8 Å². The van der Waals surface area contributed by atoms with Gasteiger partial charge in [0.05, 0.1) is 18.2 Å². The first-order valence-corrected chi connectivity index (χ1v) is 10.7. The van der Waals surface area contributed by atoms with Crippen molar-refractivity contribution >= 4 is 23.2 Å². The highest BCUT2D eigenvalue weighted by Gasteiger charge is 2.38. The van der Waals surface area contributed by atoms with Crippen LogP contribution in [0.25, 0.3) is 0 Å². The van der Waals surface area contributed by atoms with Crippen LogP contribution in [-0.4, -0.2) is 56.0 Å². The van der Waals surface area contributed by atoms with Gasteiger partial charge in [-0.3, -0.25) is 9.59 Å². The number of carbonyl (C=O) groups is 2. The number of hydrogen-bond donors (Lipinski definition) is 0. The molecule has 6 nitrogen and oxygen atoms in total. The van der Waals surface area contributed by atoms with Gasteiger partial charge in [0.25, 0.3) is 0 Å². The van der Waals surface area contributed by atoms with E-state index >= 15 is 0 Å². The number of anilines is 2. The average Bonchev–Trinajstić information content (AvgIpc) is 3.16. The number of carbonyl (C=O) groups excluding carboxylic acids is 2. The van der Waals surface area contributed by atoms with E-state index in [9.17, 15) is 9.59 Å². The molecule has 0 unspecified atom stereocenters. The summed E-state index contributed by atoms with van der Waals surface area (Å²) in [6.07, 6.45) is 0.292. The van der Waals surface area contributed by atoms with Crippen LogP contribution in [0.3, 0.4) is 0 Å². The molecule has 2 aromatic carbocycles. The van der Waals surface area contributed by atoms with Gasteiger partial charge >= 0.3 is 0 Å². The van der Waals surface area contributed by atoms with E-state index in [2.05, 4.69) is 11.0 Å². The van der Waals surface area contributed by atoms with E-state index in [4.69, 9.17) is 4.74 Å². The largest absolute Gasteiger partial charge is 0.492 e. The summed E-state index contributed by atoms with van der Waals surface area (Å²) >= 11 is 0. The molecular formula is C24H29N3O3. The van der Waals surface area contributed by atoms with Crippen LogP contribution in [0.4, 0.5) is 11.4 Å². The molecule has 158 valence electrons. The molecule has 0 aromatic heterocycles. The Morgan fingerprint density at radius 1 is 1.03 bits per heavy atom. The number of ether oxygens (including phenoxy) is 1. The van der Waals surface area contributed by atoms with Crippen molar-refractivity contribution in [1.82, 2.24) is 4.90 Å². The molecule has 6 heteroatoms. The predicted molar refractivity (Wildman–Crippen MR) is 118 cm³/mol. The second-order valence-electron chi connectivity index (χ2n) is 7.95. The van der Waals surface area contributed by atoms with Gasteiger partial charge in [-0.15, -0.1) is 0 Å². The first-order valence-electron chi connectivity index (χ1n) is 10.7. The van der Waals surface area contributed by atoms with Crippen molar-refractivity contribution in [2.24, 2.45) is 5.92 Å². The fourth-order valence-electron chi connectivity index (χ4n) is 4.27. The van der Waals surface area contributed by atoms with Crippen LogP contribution in [-0.2, 0) is 9.59 Å². The van der Waals surface area contributed by atoms with Crippen LogP contribution in [0.2, 0.25) is 0 Å². The lowest BCUT2D eigenvalue weighted by Gasteiger charge is -2.37. The number of nitrogens with zero attached hydrogens (tertiary/aromatic N) is 3. The molecule has 4 rings (SSSR count). The minimum Gasteiger partial charge on any atom is -0.492 e. The number of amides is 2. The van der Waals surface area contributed by atoms with Gasteiger partial charge in [-0.25, -0.2) is 0 Å². The first-order chi connectivity index (χ1) is 14.6. The van der Waals surface area contributed by atoms with Crippen molar-refractivity contribution in [1.29, 1.82) is 0 Å². The van der Waals surface area contributed by atoms with Gasteiger partial charge in [0.1, 0.15) is 5.75 Å². The number of benzene rings is 2. The number of para-hydroxylation sites is 2. The highest BCUT2D eigenvalue weighted by molar-refractivity contribution is 6.00. The molecule has 2 saturated heterocycles. The van der Waals surface area contributed by atoms with E-state index in [1.807, 2.05) is 61.2 Å². The van der Waals surface area contributed by atoms with E-state index in [-0.39, 0.29) is 17.7 Å². The summed E-state index contributed by atoms with van der Waals surface area (Å²) in [6.45, 7) is 7.95. The molecule has 1 atom stereocenters. The van der Waals surface area contributed by atoms with Crippen molar-refractivity contribution in [3.05, 3.63) is 54.1 Å². The fourth-order valence-corrected chi connectivity index (χ4v) is 4.27. The van der Waals surface area contributed by atoms with Gasteiger partial charge in [-0.1, -0.05) is 29.8 Å². The maximum absolute atomic E-state index is 13.1. The minimum absolute atomic E-state index is 0.0291. The zero-order chi connectivity index (χ0) is 21.1. The average molecular weight is 408 g/mol. The Labute approximate surface area is 178 Å². The van der Waals surface area contributed by atoms with Crippen LogP contribution < -0.4 is 14.5 Å². The summed E-state index contributed by atoms with van der Waals surface area (Å²) in [4.78, 5) is 31.6. The van der Waals surface area contributed by atoms with Gasteiger partial charge in [0, 0.05) is 44.8 Å². The Bertz CT molecular complexity index is 904. The normalized spacial score (nSPS) is 19.3. The molecule has 0 saturated carbocycles. The third-order valence-electron chi connectivity index (χ3n) is 5.92. The smallest absolute Gasteiger partial charge is 0.228 e. The molecule has 2 heterocycles. The molecule has 0 spiro atoms. The van der Waals surface area contributed by atoms with Gasteiger partial charge < -0.3 is 19.4 Å². The third kappa shape index (κ3) is 4.13. The van der Waals surface area contributed by atoms with Gasteiger partial charge in [-0.2, -0.15) is 0 Å². The van der Waals surface area contributed by atoms with Crippen LogP contribution >= 0.6 is 0 Å². The van der Waals surface area contributed by atoms with Crippen molar-refractivity contribution in [2.75, 3.05) is 49.1 Å². The SMILES string of the molecule is CCOc1ccccc1N1CCN(C(=O)[C@H]2CC(=O)N(c3ccc(C)cc3)C2)CC1. The Balaban J connectivity index is 1.37.